The molecule has 20 heavy (non-hydrogen) atoms. The fraction of sp³-hybridized carbons (Fsp3) is 0.250. The highest BCUT2D eigenvalue weighted by atomic mass is 16.2. The summed E-state index contributed by atoms with van der Waals surface area (Å²) >= 11 is 0. The molecule has 0 radical (unpaired) electrons. The van der Waals surface area contributed by atoms with E-state index in [-0.39, 0.29) is 6.03 Å². The Morgan fingerprint density at radius 2 is 1.90 bits per heavy atom. The second-order valence-corrected chi connectivity index (χ2v) is 5.12. The Labute approximate surface area is 118 Å². The van der Waals surface area contributed by atoms with Gasteiger partial charge in [0.1, 0.15) is 5.54 Å². The summed E-state index contributed by atoms with van der Waals surface area (Å²) < 4.78 is 0. The van der Waals surface area contributed by atoms with Crippen molar-refractivity contribution in [3.8, 4) is 0 Å². The summed E-state index contributed by atoms with van der Waals surface area (Å²) in [5.41, 5.74) is 3.07. The minimum Gasteiger partial charge on any atom is -0.323 e. The van der Waals surface area contributed by atoms with E-state index in [4.69, 9.17) is 4.98 Å². The van der Waals surface area contributed by atoms with Crippen molar-refractivity contribution >= 4 is 11.7 Å². The van der Waals surface area contributed by atoms with Gasteiger partial charge in [-0.1, -0.05) is 37.3 Å². The minimum atomic E-state index is -0.607. The number of amides is 2. The van der Waals surface area contributed by atoms with Crippen LogP contribution in [0.25, 0.3) is 0 Å². The lowest BCUT2D eigenvalue weighted by atomic mass is 9.86. The molecular formula is C16H17N3O. The van der Waals surface area contributed by atoms with E-state index < -0.39 is 5.54 Å². The molecule has 1 unspecified atom stereocenters. The smallest absolute Gasteiger partial charge is 0.320 e. The van der Waals surface area contributed by atoms with Gasteiger partial charge >= 0.3 is 6.03 Å². The second-order valence-electron chi connectivity index (χ2n) is 5.12. The zero-order valence-corrected chi connectivity index (χ0v) is 11.6. The molecule has 1 aromatic heterocycles. The van der Waals surface area contributed by atoms with Gasteiger partial charge in [0.15, 0.2) is 0 Å². The molecule has 102 valence electrons. The number of hydrogen-bond acceptors (Lipinski definition) is 2. The average Bonchev–Trinajstić information content (AvgIpc) is 2.48. The van der Waals surface area contributed by atoms with Crippen molar-refractivity contribution < 1.29 is 4.79 Å². The fourth-order valence-electron chi connectivity index (χ4n) is 2.60. The van der Waals surface area contributed by atoms with Crippen LogP contribution in [0, 0.1) is 0 Å². The van der Waals surface area contributed by atoms with E-state index in [1.165, 1.54) is 0 Å². The molecule has 0 spiro atoms. The van der Waals surface area contributed by atoms with Gasteiger partial charge in [-0.3, -0.25) is 4.98 Å². The van der Waals surface area contributed by atoms with Crippen molar-refractivity contribution in [3.05, 3.63) is 59.4 Å². The van der Waals surface area contributed by atoms with E-state index in [9.17, 15) is 4.79 Å². The van der Waals surface area contributed by atoms with Gasteiger partial charge in [0, 0.05) is 5.69 Å². The summed E-state index contributed by atoms with van der Waals surface area (Å²) in [4.78, 5) is 16.6. The van der Waals surface area contributed by atoms with Crippen molar-refractivity contribution in [3.63, 3.8) is 0 Å². The molecule has 2 amide bonds. The predicted octanol–water partition coefficient (Wildman–Crippen LogP) is 3.04. The maximum atomic E-state index is 11.9. The summed E-state index contributed by atoms with van der Waals surface area (Å²) in [6.07, 6.45) is 0.867. The first-order valence-corrected chi connectivity index (χ1v) is 6.78. The molecule has 2 heterocycles. The van der Waals surface area contributed by atoms with Crippen LogP contribution in [-0.4, -0.2) is 11.0 Å². The summed E-state index contributed by atoms with van der Waals surface area (Å²) in [6, 6.07) is 13.6. The van der Waals surface area contributed by atoms with Crippen LogP contribution in [0.3, 0.4) is 0 Å². The Kier molecular flexibility index (Phi) is 2.93. The number of aromatic nitrogens is 1. The number of nitrogens with one attached hydrogen (secondary N) is 2. The van der Waals surface area contributed by atoms with Crippen LogP contribution in [-0.2, 0) is 12.0 Å². The molecule has 4 heteroatoms. The average molecular weight is 267 g/mol. The van der Waals surface area contributed by atoms with Crippen molar-refractivity contribution in [2.45, 2.75) is 25.8 Å². The molecule has 0 saturated heterocycles. The summed E-state index contributed by atoms with van der Waals surface area (Å²) in [6.45, 7) is 4.07. The van der Waals surface area contributed by atoms with Crippen molar-refractivity contribution in [2.24, 2.45) is 0 Å². The Balaban J connectivity index is 2.20. The normalized spacial score (nSPS) is 20.8. The molecule has 1 atom stereocenters. The van der Waals surface area contributed by atoms with Gasteiger partial charge in [-0.25, -0.2) is 4.79 Å². The summed E-state index contributed by atoms with van der Waals surface area (Å²) in [5, 5.41) is 5.83. The maximum absolute atomic E-state index is 11.9. The SMILES string of the molecule is CCc1ccc2c(n1)C(C)(c1ccccc1)NC(=O)N2. The van der Waals surface area contributed by atoms with Crippen LogP contribution < -0.4 is 10.6 Å². The first-order valence-electron chi connectivity index (χ1n) is 6.78. The Morgan fingerprint density at radius 3 is 2.60 bits per heavy atom. The first-order chi connectivity index (χ1) is 9.63. The van der Waals surface area contributed by atoms with E-state index in [0.29, 0.717) is 0 Å². The third kappa shape index (κ3) is 1.93. The topological polar surface area (TPSA) is 54.0 Å². The molecule has 1 aliphatic heterocycles. The Hall–Kier alpha value is -2.36. The van der Waals surface area contributed by atoms with Crippen LogP contribution >= 0.6 is 0 Å². The molecule has 2 aromatic rings. The molecule has 0 aliphatic carbocycles. The lowest BCUT2D eigenvalue weighted by molar-refractivity contribution is 0.241. The van der Waals surface area contributed by atoms with E-state index in [0.717, 1.165) is 29.1 Å². The highest BCUT2D eigenvalue weighted by molar-refractivity contribution is 5.93. The summed E-state index contributed by atoms with van der Waals surface area (Å²) in [7, 11) is 0. The van der Waals surface area contributed by atoms with Crippen molar-refractivity contribution in [1.29, 1.82) is 0 Å². The van der Waals surface area contributed by atoms with Crippen LogP contribution in [0.4, 0.5) is 10.5 Å². The zero-order chi connectivity index (χ0) is 14.2. The van der Waals surface area contributed by atoms with Gasteiger partial charge in [0.25, 0.3) is 0 Å². The number of carbonyl (C=O) groups is 1. The number of fused-ring (bicyclic) bond motifs is 1. The fourth-order valence-corrected chi connectivity index (χ4v) is 2.60. The summed E-state index contributed by atoms with van der Waals surface area (Å²) in [5.74, 6) is 0. The lowest BCUT2D eigenvalue weighted by Crippen LogP contribution is -2.51. The van der Waals surface area contributed by atoms with E-state index in [1.807, 2.05) is 49.4 Å². The lowest BCUT2D eigenvalue weighted by Gasteiger charge is -2.36. The van der Waals surface area contributed by atoms with Crippen LogP contribution in [0.1, 0.15) is 30.8 Å². The van der Waals surface area contributed by atoms with E-state index >= 15 is 0 Å². The highest BCUT2D eigenvalue weighted by Gasteiger charge is 2.38. The molecule has 2 N–H and O–H groups in total. The standard InChI is InChI=1S/C16H17N3O/c1-3-12-9-10-13-14(17-12)16(2,19-15(20)18-13)11-7-5-4-6-8-11/h4-10H,3H2,1-2H3,(H2,18,19,20). The number of aryl methyl sites for hydroxylation is 1. The monoisotopic (exact) mass is 267 g/mol. The van der Waals surface area contributed by atoms with Crippen LogP contribution in [0.15, 0.2) is 42.5 Å². The Bertz CT molecular complexity index is 654. The number of urea groups is 1. The molecule has 1 aromatic carbocycles. The third-order valence-corrected chi connectivity index (χ3v) is 3.75. The zero-order valence-electron chi connectivity index (χ0n) is 11.6. The number of anilines is 1. The van der Waals surface area contributed by atoms with Gasteiger partial charge in [-0.05, 0) is 31.0 Å². The first kappa shape index (κ1) is 12.7. The number of rotatable bonds is 2. The highest BCUT2D eigenvalue weighted by Crippen LogP contribution is 2.35. The van der Waals surface area contributed by atoms with Crippen LogP contribution in [0.5, 0.6) is 0 Å². The molecule has 0 fully saturated rings. The van der Waals surface area contributed by atoms with Gasteiger partial charge in [0.05, 0.1) is 11.4 Å². The largest absolute Gasteiger partial charge is 0.323 e. The molecule has 3 rings (SSSR count). The predicted molar refractivity (Wildman–Crippen MR) is 78.7 cm³/mol. The number of pyridine rings is 1. The van der Waals surface area contributed by atoms with E-state index in [1.54, 1.807) is 0 Å². The second kappa shape index (κ2) is 4.63. The van der Waals surface area contributed by atoms with Crippen molar-refractivity contribution in [2.75, 3.05) is 5.32 Å². The maximum Gasteiger partial charge on any atom is 0.320 e. The molecule has 4 nitrogen and oxygen atoms in total. The quantitative estimate of drug-likeness (QED) is 0.878. The number of hydrogen-bond donors (Lipinski definition) is 2. The van der Waals surface area contributed by atoms with Gasteiger partial charge < -0.3 is 10.6 Å². The van der Waals surface area contributed by atoms with Gasteiger partial charge in [-0.2, -0.15) is 0 Å². The minimum absolute atomic E-state index is 0.199. The van der Waals surface area contributed by atoms with Gasteiger partial charge in [-0.15, -0.1) is 0 Å². The van der Waals surface area contributed by atoms with Gasteiger partial charge in [0.2, 0.25) is 0 Å². The van der Waals surface area contributed by atoms with E-state index in [2.05, 4.69) is 17.6 Å². The molecule has 0 bridgehead atoms. The number of nitrogens with zero attached hydrogens (tertiary/aromatic N) is 1. The Morgan fingerprint density at radius 1 is 1.15 bits per heavy atom. The third-order valence-electron chi connectivity index (χ3n) is 3.75. The molecule has 0 saturated carbocycles. The number of benzene rings is 1. The van der Waals surface area contributed by atoms with Crippen LogP contribution in [0.2, 0.25) is 0 Å². The molecule has 1 aliphatic rings. The number of carbonyl (C=O) groups excluding carboxylic acids is 1. The van der Waals surface area contributed by atoms with Crippen molar-refractivity contribution in [1.82, 2.24) is 10.3 Å². The molecular weight excluding hydrogens is 250 g/mol.